The maximum atomic E-state index is 13.7. The molecular formula is C11H13F2NO2S. The second-order valence-corrected chi connectivity index (χ2v) is 4.31. The largest absolute Gasteiger partial charge is 0.387 e. The zero-order chi connectivity index (χ0) is 13.1. The number of Topliss-reactive ketones (excluding diaryl/α,β-unsaturated/α-hetero) is 1. The Balaban J connectivity index is 2.94. The fourth-order valence-corrected chi connectivity index (χ4v) is 2.07. The van der Waals surface area contributed by atoms with Gasteiger partial charge in [-0.25, -0.2) is 0 Å². The monoisotopic (exact) mass is 261 g/mol. The Bertz CT molecular complexity index is 400. The summed E-state index contributed by atoms with van der Waals surface area (Å²) in [6, 6.07) is 2.78. The molecule has 0 saturated carbocycles. The number of nitrogens with zero attached hydrogens (tertiary/aromatic N) is 1. The predicted octanol–water partition coefficient (Wildman–Crippen LogP) is 2.43. The Morgan fingerprint density at radius 2 is 1.94 bits per heavy atom. The van der Waals surface area contributed by atoms with Crippen LogP contribution in [0.2, 0.25) is 0 Å². The molecule has 0 fully saturated rings. The first-order chi connectivity index (χ1) is 7.95. The van der Waals surface area contributed by atoms with Crippen molar-refractivity contribution in [3.8, 4) is 0 Å². The van der Waals surface area contributed by atoms with E-state index in [1.54, 1.807) is 13.8 Å². The molecule has 0 radical (unpaired) electrons. The van der Waals surface area contributed by atoms with Gasteiger partial charge in [0.25, 0.3) is 5.78 Å². The number of carbonyl (C=O) groups excluding carboxylic acids is 2. The van der Waals surface area contributed by atoms with Crippen molar-refractivity contribution >= 4 is 23.0 Å². The Kier molecular flexibility index (Phi) is 4.34. The van der Waals surface area contributed by atoms with E-state index in [0.717, 1.165) is 16.2 Å². The van der Waals surface area contributed by atoms with Gasteiger partial charge in [0.1, 0.15) is 0 Å². The van der Waals surface area contributed by atoms with Gasteiger partial charge >= 0.3 is 11.8 Å². The van der Waals surface area contributed by atoms with Crippen LogP contribution >= 0.6 is 11.3 Å². The van der Waals surface area contributed by atoms with E-state index in [1.807, 2.05) is 0 Å². The van der Waals surface area contributed by atoms with Gasteiger partial charge in [0, 0.05) is 13.1 Å². The van der Waals surface area contributed by atoms with E-state index in [1.165, 1.54) is 17.5 Å². The summed E-state index contributed by atoms with van der Waals surface area (Å²) in [6.45, 7) is 3.49. The zero-order valence-corrected chi connectivity index (χ0v) is 10.4. The minimum atomic E-state index is -3.98. The van der Waals surface area contributed by atoms with Crippen LogP contribution in [0.25, 0.3) is 0 Å². The average Bonchev–Trinajstić information content (AvgIpc) is 2.82. The van der Waals surface area contributed by atoms with E-state index in [2.05, 4.69) is 0 Å². The number of rotatable bonds is 5. The van der Waals surface area contributed by atoms with Crippen LogP contribution in [0.4, 0.5) is 8.78 Å². The van der Waals surface area contributed by atoms with E-state index >= 15 is 0 Å². The molecule has 0 saturated heterocycles. The lowest BCUT2D eigenvalue weighted by Crippen LogP contribution is -2.48. The van der Waals surface area contributed by atoms with Gasteiger partial charge in [-0.3, -0.25) is 9.59 Å². The zero-order valence-electron chi connectivity index (χ0n) is 9.57. The molecule has 0 unspecified atom stereocenters. The third-order valence-electron chi connectivity index (χ3n) is 2.35. The Morgan fingerprint density at radius 1 is 1.35 bits per heavy atom. The molecule has 94 valence electrons. The fourth-order valence-electron chi connectivity index (χ4n) is 1.37. The van der Waals surface area contributed by atoms with E-state index in [0.29, 0.717) is 0 Å². The highest BCUT2D eigenvalue weighted by Crippen LogP contribution is 2.25. The molecule has 3 nitrogen and oxygen atoms in total. The molecule has 0 aromatic carbocycles. The minimum absolute atomic E-state index is 0.101. The second kappa shape index (κ2) is 5.35. The highest BCUT2D eigenvalue weighted by Gasteiger charge is 2.49. The molecule has 1 aromatic rings. The highest BCUT2D eigenvalue weighted by molar-refractivity contribution is 7.12. The van der Waals surface area contributed by atoms with Crippen molar-refractivity contribution in [1.29, 1.82) is 0 Å². The van der Waals surface area contributed by atoms with E-state index in [9.17, 15) is 18.4 Å². The Hall–Kier alpha value is -1.30. The van der Waals surface area contributed by atoms with Gasteiger partial charge in [-0.2, -0.15) is 8.78 Å². The van der Waals surface area contributed by atoms with E-state index in [-0.39, 0.29) is 18.0 Å². The predicted molar refractivity (Wildman–Crippen MR) is 61.5 cm³/mol. The van der Waals surface area contributed by atoms with Crippen molar-refractivity contribution in [3.63, 3.8) is 0 Å². The third-order valence-corrected chi connectivity index (χ3v) is 3.22. The summed E-state index contributed by atoms with van der Waals surface area (Å²) in [4.78, 5) is 23.9. The highest BCUT2D eigenvalue weighted by atomic mass is 32.1. The molecule has 6 heteroatoms. The van der Waals surface area contributed by atoms with Gasteiger partial charge in [0.05, 0.1) is 4.88 Å². The van der Waals surface area contributed by atoms with Crippen molar-refractivity contribution in [3.05, 3.63) is 22.4 Å². The maximum absolute atomic E-state index is 13.7. The second-order valence-electron chi connectivity index (χ2n) is 3.36. The quantitative estimate of drug-likeness (QED) is 0.603. The summed E-state index contributed by atoms with van der Waals surface area (Å²) in [6.07, 6.45) is 0. The molecule has 0 spiro atoms. The van der Waals surface area contributed by atoms with Crippen LogP contribution in [0.1, 0.15) is 23.5 Å². The van der Waals surface area contributed by atoms with E-state index < -0.39 is 17.6 Å². The molecule has 0 aliphatic rings. The third kappa shape index (κ3) is 2.69. The van der Waals surface area contributed by atoms with Crippen LogP contribution in [0.3, 0.4) is 0 Å². The molecule has 17 heavy (non-hydrogen) atoms. The van der Waals surface area contributed by atoms with Crippen LogP contribution < -0.4 is 0 Å². The number of hydrogen-bond donors (Lipinski definition) is 0. The summed E-state index contributed by atoms with van der Waals surface area (Å²) < 4.78 is 27.3. The topological polar surface area (TPSA) is 37.4 Å². The van der Waals surface area contributed by atoms with Crippen molar-refractivity contribution < 1.29 is 18.4 Å². The number of halogens is 2. The summed E-state index contributed by atoms with van der Waals surface area (Å²) in [7, 11) is 0. The first-order valence-electron chi connectivity index (χ1n) is 5.20. The fraction of sp³-hybridized carbons (Fsp3) is 0.455. The van der Waals surface area contributed by atoms with Crippen molar-refractivity contribution in [2.24, 2.45) is 0 Å². The SMILES string of the molecule is CCN(CC)C(=O)C(F)(F)C(=O)c1cccs1. The van der Waals surface area contributed by atoms with Crippen LogP contribution in [-0.2, 0) is 4.79 Å². The van der Waals surface area contributed by atoms with E-state index in [4.69, 9.17) is 0 Å². The van der Waals surface area contributed by atoms with Gasteiger partial charge < -0.3 is 4.90 Å². The molecule has 1 aromatic heterocycles. The first-order valence-corrected chi connectivity index (χ1v) is 6.08. The summed E-state index contributed by atoms with van der Waals surface area (Å²) in [5.74, 6) is -6.83. The molecule has 1 amide bonds. The molecule has 1 heterocycles. The van der Waals surface area contributed by atoms with Crippen LogP contribution in [-0.4, -0.2) is 35.6 Å². The normalized spacial score (nSPS) is 11.3. The number of carbonyl (C=O) groups is 2. The molecule has 0 aliphatic heterocycles. The van der Waals surface area contributed by atoms with Gasteiger partial charge in [-0.15, -0.1) is 11.3 Å². The molecule has 0 bridgehead atoms. The van der Waals surface area contributed by atoms with Crippen molar-refractivity contribution in [2.75, 3.05) is 13.1 Å². The number of hydrogen-bond acceptors (Lipinski definition) is 3. The Labute approximate surface area is 102 Å². The van der Waals surface area contributed by atoms with Gasteiger partial charge in [-0.05, 0) is 25.3 Å². The number of amides is 1. The summed E-state index contributed by atoms with van der Waals surface area (Å²) in [5, 5.41) is 1.52. The summed E-state index contributed by atoms with van der Waals surface area (Å²) >= 11 is 0.902. The Morgan fingerprint density at radius 3 is 2.35 bits per heavy atom. The lowest BCUT2D eigenvalue weighted by atomic mass is 10.1. The molecule has 1 rings (SSSR count). The molecule has 0 aliphatic carbocycles. The van der Waals surface area contributed by atoms with Gasteiger partial charge in [0.2, 0.25) is 0 Å². The minimum Gasteiger partial charge on any atom is -0.338 e. The number of alkyl halides is 2. The summed E-state index contributed by atoms with van der Waals surface area (Å²) in [5.41, 5.74) is 0. The molecule has 0 atom stereocenters. The van der Waals surface area contributed by atoms with Crippen LogP contribution in [0, 0.1) is 0 Å². The van der Waals surface area contributed by atoms with Crippen LogP contribution in [0.15, 0.2) is 17.5 Å². The average molecular weight is 261 g/mol. The molecular weight excluding hydrogens is 248 g/mol. The smallest absolute Gasteiger partial charge is 0.338 e. The van der Waals surface area contributed by atoms with Crippen LogP contribution in [0.5, 0.6) is 0 Å². The van der Waals surface area contributed by atoms with Gasteiger partial charge in [0.15, 0.2) is 0 Å². The van der Waals surface area contributed by atoms with Crippen molar-refractivity contribution in [2.45, 2.75) is 19.8 Å². The number of thiophene rings is 1. The maximum Gasteiger partial charge on any atom is 0.387 e. The lowest BCUT2D eigenvalue weighted by molar-refractivity contribution is -0.150. The number of ketones is 1. The van der Waals surface area contributed by atoms with Gasteiger partial charge in [-0.1, -0.05) is 6.07 Å². The molecule has 0 N–H and O–H groups in total. The standard InChI is InChI=1S/C11H13F2NO2S/c1-3-14(4-2)10(16)11(12,13)9(15)8-6-5-7-17-8/h5-7H,3-4H2,1-2H3. The lowest BCUT2D eigenvalue weighted by Gasteiger charge is -2.23. The first kappa shape index (κ1) is 13.8. The van der Waals surface area contributed by atoms with Crippen molar-refractivity contribution in [1.82, 2.24) is 4.90 Å².